The summed E-state index contributed by atoms with van der Waals surface area (Å²) in [5, 5.41) is 55.0. The third-order valence-electron chi connectivity index (χ3n) is 2.17. The van der Waals surface area contributed by atoms with E-state index in [1.165, 1.54) is 0 Å². The maximum atomic E-state index is 11.1. The molecule has 1 atom stereocenters. The summed E-state index contributed by atoms with van der Waals surface area (Å²) in [6.45, 7) is 0.557. The van der Waals surface area contributed by atoms with Crippen LogP contribution in [0.15, 0.2) is 0 Å². The van der Waals surface area contributed by atoms with Crippen molar-refractivity contribution in [1.29, 1.82) is 0 Å². The number of aliphatic hydroxyl groups is 6. The van der Waals surface area contributed by atoms with Gasteiger partial charge in [-0.3, -0.25) is 4.18 Å². The Hall–Kier alpha value is -0.420. The predicted molar refractivity (Wildman–Crippen MR) is 62.8 cm³/mol. The fraction of sp³-hybridized carbons (Fsp3) is 1.00. The van der Waals surface area contributed by atoms with Crippen LogP contribution in [0.4, 0.5) is 0 Å². The molecule has 0 aliphatic heterocycles. The summed E-state index contributed by atoms with van der Waals surface area (Å²) in [6.07, 6.45) is -1.76. The Labute approximate surface area is 120 Å². The van der Waals surface area contributed by atoms with Crippen LogP contribution in [0.2, 0.25) is 0 Å². The summed E-state index contributed by atoms with van der Waals surface area (Å²) in [4.78, 5) is 0. The average molecular weight is 356 g/mol. The van der Waals surface area contributed by atoms with E-state index < -0.39 is 43.9 Å². The lowest BCUT2D eigenvalue weighted by Crippen LogP contribution is -2.75. The molecular weight excluding hydrogens is 340 g/mol. The lowest BCUT2D eigenvalue weighted by atomic mass is 9.91. The molecule has 14 heteroatoms. The van der Waals surface area contributed by atoms with Gasteiger partial charge in [-0.25, -0.2) is 4.18 Å². The summed E-state index contributed by atoms with van der Waals surface area (Å²) in [7, 11) is -9.21. The van der Waals surface area contributed by atoms with Gasteiger partial charge in [0.25, 0.3) is 25.8 Å². The zero-order valence-corrected chi connectivity index (χ0v) is 12.7. The molecule has 0 spiro atoms. The summed E-state index contributed by atoms with van der Waals surface area (Å²) in [6, 6.07) is 0. The summed E-state index contributed by atoms with van der Waals surface area (Å²) in [5.74, 6) is -8.89. The van der Waals surface area contributed by atoms with Gasteiger partial charge in [0.2, 0.25) is 0 Å². The van der Waals surface area contributed by atoms with E-state index in [0.717, 1.165) is 0 Å². The molecule has 0 fully saturated rings. The molecule has 0 rings (SSSR count). The van der Waals surface area contributed by atoms with Crippen LogP contribution in [-0.2, 0) is 28.6 Å². The quantitative estimate of drug-likeness (QED) is 0.188. The van der Waals surface area contributed by atoms with Gasteiger partial charge in [-0.15, -0.1) is 0 Å². The Morgan fingerprint density at radius 2 is 1.14 bits per heavy atom. The third kappa shape index (κ3) is 5.06. The molecule has 0 heterocycles. The minimum atomic E-state index is -4.78. The molecule has 0 saturated carbocycles. The van der Waals surface area contributed by atoms with E-state index in [0.29, 0.717) is 13.2 Å². The van der Waals surface area contributed by atoms with E-state index in [9.17, 15) is 16.8 Å². The van der Waals surface area contributed by atoms with Crippen molar-refractivity contribution >= 4 is 20.2 Å². The second-order valence-electron chi connectivity index (χ2n) is 4.24. The molecule has 0 aromatic rings. The van der Waals surface area contributed by atoms with E-state index in [4.69, 9.17) is 30.6 Å². The van der Waals surface area contributed by atoms with Gasteiger partial charge in [0.1, 0.15) is 6.10 Å². The van der Waals surface area contributed by atoms with Crippen LogP contribution in [0.1, 0.15) is 6.92 Å². The van der Waals surface area contributed by atoms with E-state index in [1.54, 1.807) is 0 Å². The van der Waals surface area contributed by atoms with E-state index in [2.05, 4.69) is 8.37 Å². The van der Waals surface area contributed by atoms with Gasteiger partial charge in [0, 0.05) is 0 Å². The van der Waals surface area contributed by atoms with Crippen molar-refractivity contribution in [1.82, 2.24) is 0 Å². The van der Waals surface area contributed by atoms with Crippen LogP contribution in [0.3, 0.4) is 0 Å². The third-order valence-corrected chi connectivity index (χ3v) is 3.37. The first kappa shape index (κ1) is 20.6. The molecule has 0 bridgehead atoms. The zero-order chi connectivity index (χ0) is 17.5. The second kappa shape index (κ2) is 5.65. The van der Waals surface area contributed by atoms with Gasteiger partial charge in [0.15, 0.2) is 0 Å². The minimum Gasteiger partial charge on any atom is -0.341 e. The standard InChI is InChI=1S/C7H16O12S2/c1-4(18-20(2,14)15)5(6(8,9)10,7(11,12)13)19-21(3,16)17/h4,8-13H,1-3H3. The highest BCUT2D eigenvalue weighted by molar-refractivity contribution is 7.86. The Kier molecular flexibility index (Phi) is 5.54. The molecule has 1 unspecified atom stereocenters. The Balaban J connectivity index is 6.31. The van der Waals surface area contributed by atoms with Crippen LogP contribution in [-0.4, -0.2) is 83.6 Å². The largest absolute Gasteiger partial charge is 0.341 e. The number of hydrogen-bond donors (Lipinski definition) is 6. The van der Waals surface area contributed by atoms with Crippen molar-refractivity contribution in [3.05, 3.63) is 0 Å². The molecule has 0 aliphatic rings. The smallest absolute Gasteiger partial charge is 0.319 e. The molecule has 0 radical (unpaired) electrons. The van der Waals surface area contributed by atoms with Crippen LogP contribution in [0.25, 0.3) is 0 Å². The molecule has 128 valence electrons. The van der Waals surface area contributed by atoms with Gasteiger partial charge in [-0.2, -0.15) is 16.8 Å². The predicted octanol–water partition coefficient (Wildman–Crippen LogP) is -4.67. The van der Waals surface area contributed by atoms with Crippen molar-refractivity contribution < 1.29 is 55.8 Å². The van der Waals surface area contributed by atoms with Gasteiger partial charge in [0.05, 0.1) is 12.5 Å². The van der Waals surface area contributed by atoms with Crippen molar-refractivity contribution in [2.24, 2.45) is 0 Å². The first-order valence-electron chi connectivity index (χ1n) is 4.96. The highest BCUT2D eigenvalue weighted by atomic mass is 32.2. The van der Waals surface area contributed by atoms with Gasteiger partial charge >= 0.3 is 11.9 Å². The summed E-state index contributed by atoms with van der Waals surface area (Å²) < 4.78 is 52.3. The first-order valence-corrected chi connectivity index (χ1v) is 8.60. The molecule has 0 aromatic heterocycles. The van der Waals surface area contributed by atoms with E-state index >= 15 is 0 Å². The molecular formula is C7H16O12S2. The fourth-order valence-corrected chi connectivity index (χ4v) is 3.02. The molecule has 21 heavy (non-hydrogen) atoms. The number of rotatable bonds is 7. The zero-order valence-electron chi connectivity index (χ0n) is 11.0. The van der Waals surface area contributed by atoms with Gasteiger partial charge in [-0.1, -0.05) is 0 Å². The SMILES string of the molecule is CC(OS(C)(=O)=O)C(OS(C)(=O)=O)(C(O)(O)O)C(O)(O)O. The molecule has 0 saturated heterocycles. The van der Waals surface area contributed by atoms with Crippen molar-refractivity contribution in [3.63, 3.8) is 0 Å². The van der Waals surface area contributed by atoms with Crippen molar-refractivity contribution in [3.8, 4) is 0 Å². The summed E-state index contributed by atoms with van der Waals surface area (Å²) >= 11 is 0. The first-order chi connectivity index (χ1) is 8.83. The average Bonchev–Trinajstić information content (AvgIpc) is 2.04. The highest BCUT2D eigenvalue weighted by Crippen LogP contribution is 2.38. The second-order valence-corrected chi connectivity index (χ2v) is 7.41. The van der Waals surface area contributed by atoms with Crippen LogP contribution >= 0.6 is 0 Å². The maximum Gasteiger partial charge on any atom is 0.319 e. The van der Waals surface area contributed by atoms with Crippen LogP contribution in [0.5, 0.6) is 0 Å². The topological polar surface area (TPSA) is 208 Å². The molecule has 12 nitrogen and oxygen atoms in total. The lowest BCUT2D eigenvalue weighted by Gasteiger charge is -2.45. The van der Waals surface area contributed by atoms with E-state index in [-0.39, 0.29) is 6.26 Å². The Bertz CT molecular complexity index is 548. The Morgan fingerprint density at radius 1 is 0.810 bits per heavy atom. The van der Waals surface area contributed by atoms with Crippen molar-refractivity contribution in [2.75, 3.05) is 12.5 Å². The number of hydrogen-bond acceptors (Lipinski definition) is 12. The molecule has 6 N–H and O–H groups in total. The Morgan fingerprint density at radius 3 is 1.33 bits per heavy atom. The molecule has 0 aromatic carbocycles. The monoisotopic (exact) mass is 356 g/mol. The van der Waals surface area contributed by atoms with Crippen LogP contribution in [0, 0.1) is 0 Å². The molecule has 0 amide bonds. The minimum absolute atomic E-state index is 0.284. The normalized spacial score (nSPS) is 16.8. The van der Waals surface area contributed by atoms with Gasteiger partial charge < -0.3 is 30.6 Å². The fourth-order valence-electron chi connectivity index (χ4n) is 1.52. The highest BCUT2D eigenvalue weighted by Gasteiger charge is 2.71. The van der Waals surface area contributed by atoms with Gasteiger partial charge in [-0.05, 0) is 6.92 Å². The summed E-state index contributed by atoms with van der Waals surface area (Å²) in [5.41, 5.74) is -4.03. The van der Waals surface area contributed by atoms with Crippen molar-refractivity contribution in [2.45, 2.75) is 30.6 Å². The van der Waals surface area contributed by atoms with Crippen LogP contribution < -0.4 is 0 Å². The molecule has 0 aliphatic carbocycles. The van der Waals surface area contributed by atoms with E-state index in [1.807, 2.05) is 0 Å². The lowest BCUT2D eigenvalue weighted by molar-refractivity contribution is -0.497. The maximum absolute atomic E-state index is 11.1.